The molecule has 1 rings (SSSR count). The number of hydrogen-bond acceptors (Lipinski definition) is 2. The van der Waals surface area contributed by atoms with Gasteiger partial charge in [-0.3, -0.25) is 0 Å². The van der Waals surface area contributed by atoms with Crippen molar-refractivity contribution in [1.82, 2.24) is 0 Å². The number of hydrogen-bond donors (Lipinski definition) is 1. The molecular weight excluding hydrogens is 181 g/mol. The lowest BCUT2D eigenvalue weighted by Gasteiger charge is -2.44. The fraction of sp³-hybridized carbons (Fsp3) is 1.00. The van der Waals surface area contributed by atoms with Gasteiger partial charge in [0.15, 0.2) is 0 Å². The predicted molar refractivity (Wildman–Crippen MR) is 55.9 cm³/mol. The van der Waals surface area contributed by atoms with Gasteiger partial charge < -0.3 is 10.5 Å². The quantitative estimate of drug-likeness (QED) is 0.746. The van der Waals surface area contributed by atoms with Gasteiger partial charge in [-0.15, -0.1) is 0 Å². The summed E-state index contributed by atoms with van der Waals surface area (Å²) in [6.07, 6.45) is 1.84. The van der Waals surface area contributed by atoms with Crippen LogP contribution < -0.4 is 5.73 Å². The Morgan fingerprint density at radius 2 is 2.07 bits per heavy atom. The van der Waals surface area contributed by atoms with Crippen molar-refractivity contribution in [2.45, 2.75) is 39.3 Å². The van der Waals surface area contributed by atoms with Gasteiger partial charge in [0.1, 0.15) is 5.67 Å². The molecular formula is C11H22FNO. The van der Waals surface area contributed by atoms with Crippen LogP contribution in [-0.4, -0.2) is 25.4 Å². The van der Waals surface area contributed by atoms with E-state index in [1.807, 2.05) is 20.8 Å². The number of halogens is 1. The Bertz CT molecular complexity index is 184. The van der Waals surface area contributed by atoms with E-state index in [2.05, 4.69) is 0 Å². The van der Waals surface area contributed by atoms with Crippen molar-refractivity contribution in [3.8, 4) is 0 Å². The molecule has 14 heavy (non-hydrogen) atoms. The van der Waals surface area contributed by atoms with E-state index < -0.39 is 11.1 Å². The standard InChI is InChI=1S/C11H22FNO/c1-10(2,3)11(12,8-13)9-5-4-6-14-7-9/h9H,4-8,13H2,1-3H3. The van der Waals surface area contributed by atoms with E-state index >= 15 is 0 Å². The van der Waals surface area contributed by atoms with Crippen molar-refractivity contribution >= 4 is 0 Å². The van der Waals surface area contributed by atoms with Crippen molar-refractivity contribution in [3.05, 3.63) is 0 Å². The molecule has 0 radical (unpaired) electrons. The molecule has 0 aromatic heterocycles. The first-order valence-corrected chi connectivity index (χ1v) is 5.38. The molecule has 84 valence electrons. The zero-order valence-electron chi connectivity index (χ0n) is 9.48. The summed E-state index contributed by atoms with van der Waals surface area (Å²) in [5, 5.41) is 0. The smallest absolute Gasteiger partial charge is 0.132 e. The highest BCUT2D eigenvalue weighted by molar-refractivity contribution is 4.98. The normalized spacial score (nSPS) is 28.5. The molecule has 1 aliphatic rings. The van der Waals surface area contributed by atoms with Gasteiger partial charge in [-0.05, 0) is 18.3 Å². The van der Waals surface area contributed by atoms with Crippen molar-refractivity contribution < 1.29 is 9.13 Å². The highest BCUT2D eigenvalue weighted by Gasteiger charge is 2.48. The molecule has 3 heteroatoms. The average Bonchev–Trinajstić information content (AvgIpc) is 2.16. The lowest BCUT2D eigenvalue weighted by Crippen LogP contribution is -2.53. The summed E-state index contributed by atoms with van der Waals surface area (Å²) >= 11 is 0. The molecule has 2 unspecified atom stereocenters. The van der Waals surface area contributed by atoms with Crippen LogP contribution in [-0.2, 0) is 4.74 Å². The highest BCUT2D eigenvalue weighted by Crippen LogP contribution is 2.42. The van der Waals surface area contributed by atoms with Crippen molar-refractivity contribution in [2.24, 2.45) is 17.1 Å². The SMILES string of the molecule is CC(C)(C)C(F)(CN)C1CCCOC1. The first-order valence-electron chi connectivity index (χ1n) is 5.38. The molecule has 1 aliphatic heterocycles. The Morgan fingerprint density at radius 3 is 2.43 bits per heavy atom. The highest BCUT2D eigenvalue weighted by atomic mass is 19.1. The summed E-state index contributed by atoms with van der Waals surface area (Å²) < 4.78 is 20.0. The second-order valence-electron chi connectivity index (χ2n) is 5.23. The fourth-order valence-corrected chi connectivity index (χ4v) is 2.19. The Labute approximate surface area is 86.0 Å². The van der Waals surface area contributed by atoms with E-state index in [0.29, 0.717) is 6.61 Å². The number of rotatable bonds is 2. The molecule has 0 aliphatic carbocycles. The molecule has 0 spiro atoms. The van der Waals surface area contributed by atoms with Crippen molar-refractivity contribution in [3.63, 3.8) is 0 Å². The third kappa shape index (κ3) is 2.09. The van der Waals surface area contributed by atoms with Crippen molar-refractivity contribution in [2.75, 3.05) is 19.8 Å². The van der Waals surface area contributed by atoms with Crippen LogP contribution in [0, 0.1) is 11.3 Å². The third-order valence-electron chi connectivity index (χ3n) is 3.35. The molecule has 0 bridgehead atoms. The van der Waals surface area contributed by atoms with Crippen LogP contribution >= 0.6 is 0 Å². The van der Waals surface area contributed by atoms with E-state index in [-0.39, 0.29) is 12.5 Å². The molecule has 2 N–H and O–H groups in total. The molecule has 1 saturated heterocycles. The molecule has 0 aromatic rings. The zero-order chi connectivity index (χ0) is 10.8. The second-order valence-corrected chi connectivity index (χ2v) is 5.23. The van der Waals surface area contributed by atoms with Crippen molar-refractivity contribution in [1.29, 1.82) is 0 Å². The molecule has 2 nitrogen and oxygen atoms in total. The maximum Gasteiger partial charge on any atom is 0.132 e. The molecule has 1 fully saturated rings. The average molecular weight is 203 g/mol. The van der Waals surface area contributed by atoms with Gasteiger partial charge in [0.05, 0.1) is 6.61 Å². The lowest BCUT2D eigenvalue weighted by atomic mass is 9.69. The van der Waals surface area contributed by atoms with Crippen LogP contribution in [0.1, 0.15) is 33.6 Å². The topological polar surface area (TPSA) is 35.2 Å². The molecule has 0 aromatic carbocycles. The number of nitrogens with two attached hydrogens (primary N) is 1. The minimum absolute atomic E-state index is 0.0405. The van der Waals surface area contributed by atoms with Crippen LogP contribution in [0.25, 0.3) is 0 Å². The largest absolute Gasteiger partial charge is 0.381 e. The molecule has 0 amide bonds. The Kier molecular flexibility index (Phi) is 3.53. The number of ether oxygens (including phenoxy) is 1. The Morgan fingerprint density at radius 1 is 1.43 bits per heavy atom. The van der Waals surface area contributed by atoms with Crippen LogP contribution in [0.3, 0.4) is 0 Å². The molecule has 2 atom stereocenters. The summed E-state index contributed by atoms with van der Waals surface area (Å²) in [7, 11) is 0. The van der Waals surface area contributed by atoms with Gasteiger partial charge in [0.25, 0.3) is 0 Å². The van der Waals surface area contributed by atoms with E-state index in [4.69, 9.17) is 10.5 Å². The maximum atomic E-state index is 14.7. The maximum absolute atomic E-state index is 14.7. The molecule has 0 saturated carbocycles. The van der Waals surface area contributed by atoms with E-state index in [9.17, 15) is 4.39 Å². The van der Waals surface area contributed by atoms with E-state index in [0.717, 1.165) is 19.4 Å². The van der Waals surface area contributed by atoms with Gasteiger partial charge in [0, 0.05) is 19.1 Å². The summed E-state index contributed by atoms with van der Waals surface area (Å²) in [5.41, 5.74) is 3.89. The van der Waals surface area contributed by atoms with Gasteiger partial charge in [-0.25, -0.2) is 4.39 Å². The van der Waals surface area contributed by atoms with Crippen LogP contribution in [0.5, 0.6) is 0 Å². The van der Waals surface area contributed by atoms with Crippen LogP contribution in [0.4, 0.5) is 4.39 Å². The van der Waals surface area contributed by atoms with Crippen LogP contribution in [0.2, 0.25) is 0 Å². The van der Waals surface area contributed by atoms with E-state index in [1.165, 1.54) is 0 Å². The second kappa shape index (κ2) is 4.15. The van der Waals surface area contributed by atoms with Crippen LogP contribution in [0.15, 0.2) is 0 Å². The summed E-state index contributed by atoms with van der Waals surface area (Å²) in [6.45, 7) is 7.11. The first kappa shape index (κ1) is 11.9. The minimum Gasteiger partial charge on any atom is -0.381 e. The molecule has 1 heterocycles. The van der Waals surface area contributed by atoms with Gasteiger partial charge >= 0.3 is 0 Å². The lowest BCUT2D eigenvalue weighted by molar-refractivity contribution is -0.0792. The first-order chi connectivity index (χ1) is 6.42. The zero-order valence-corrected chi connectivity index (χ0v) is 9.48. The van der Waals surface area contributed by atoms with Gasteiger partial charge in [-0.1, -0.05) is 20.8 Å². The monoisotopic (exact) mass is 203 g/mol. The third-order valence-corrected chi connectivity index (χ3v) is 3.35. The fourth-order valence-electron chi connectivity index (χ4n) is 2.19. The van der Waals surface area contributed by atoms with Gasteiger partial charge in [0.2, 0.25) is 0 Å². The predicted octanol–water partition coefficient (Wildman–Crippen LogP) is 2.13. The minimum atomic E-state index is -1.30. The summed E-state index contributed by atoms with van der Waals surface area (Å²) in [6, 6.07) is 0. The summed E-state index contributed by atoms with van der Waals surface area (Å²) in [5.74, 6) is -0.0405. The number of alkyl halides is 1. The van der Waals surface area contributed by atoms with E-state index in [1.54, 1.807) is 0 Å². The Balaban J connectivity index is 2.77. The summed E-state index contributed by atoms with van der Waals surface area (Å²) in [4.78, 5) is 0. The van der Waals surface area contributed by atoms with Gasteiger partial charge in [-0.2, -0.15) is 0 Å². The Hall–Kier alpha value is -0.150.